The van der Waals surface area contributed by atoms with Gasteiger partial charge in [-0.05, 0) is 46.6 Å². The minimum absolute atomic E-state index is 0.119. The molecule has 0 aromatic heterocycles. The van der Waals surface area contributed by atoms with Crippen molar-refractivity contribution in [2.75, 3.05) is 19.6 Å². The van der Waals surface area contributed by atoms with Crippen LogP contribution in [0.15, 0.2) is 0 Å². The Kier molecular flexibility index (Phi) is 6.09. The van der Waals surface area contributed by atoms with E-state index in [-0.39, 0.29) is 5.97 Å². The fraction of sp³-hybridized carbons (Fsp3) is 0.929. The standard InChI is InChI=1S/C14H28N2O2/c1-14(2,3)18-13(17)11-16(10-6-9-15)12-7-4-5-8-12/h12H,4-11,15H2,1-3H3. The second kappa shape index (κ2) is 7.10. The van der Waals surface area contributed by atoms with E-state index in [0.717, 1.165) is 13.0 Å². The molecule has 1 rings (SSSR count). The van der Waals surface area contributed by atoms with E-state index in [1.807, 2.05) is 20.8 Å². The molecule has 0 bridgehead atoms. The van der Waals surface area contributed by atoms with Gasteiger partial charge in [0.25, 0.3) is 0 Å². The fourth-order valence-electron chi connectivity index (χ4n) is 2.49. The Labute approximate surface area is 111 Å². The van der Waals surface area contributed by atoms with E-state index in [1.165, 1.54) is 25.7 Å². The SMILES string of the molecule is CC(C)(C)OC(=O)CN(CCCN)C1CCCC1. The van der Waals surface area contributed by atoms with Crippen LogP contribution < -0.4 is 5.73 Å². The molecule has 0 radical (unpaired) electrons. The highest BCUT2D eigenvalue weighted by molar-refractivity contribution is 5.72. The lowest BCUT2D eigenvalue weighted by molar-refractivity contribution is -0.156. The molecule has 106 valence electrons. The average molecular weight is 256 g/mol. The molecule has 4 nitrogen and oxygen atoms in total. The molecule has 0 aromatic carbocycles. The molecule has 1 fully saturated rings. The Morgan fingerprint density at radius 3 is 2.44 bits per heavy atom. The molecular formula is C14H28N2O2. The average Bonchev–Trinajstić information content (AvgIpc) is 2.74. The van der Waals surface area contributed by atoms with Gasteiger partial charge in [-0.3, -0.25) is 9.69 Å². The number of carbonyl (C=O) groups is 1. The van der Waals surface area contributed by atoms with Gasteiger partial charge in [0.1, 0.15) is 5.60 Å². The Hall–Kier alpha value is -0.610. The summed E-state index contributed by atoms with van der Waals surface area (Å²) in [6.07, 6.45) is 5.90. The van der Waals surface area contributed by atoms with Gasteiger partial charge >= 0.3 is 5.97 Å². The van der Waals surface area contributed by atoms with Gasteiger partial charge in [0.2, 0.25) is 0 Å². The van der Waals surface area contributed by atoms with E-state index < -0.39 is 5.60 Å². The van der Waals surface area contributed by atoms with Gasteiger partial charge in [0.05, 0.1) is 6.54 Å². The molecule has 4 heteroatoms. The summed E-state index contributed by atoms with van der Waals surface area (Å²) in [5.41, 5.74) is 5.17. The van der Waals surface area contributed by atoms with E-state index in [9.17, 15) is 4.79 Å². The highest BCUT2D eigenvalue weighted by Crippen LogP contribution is 2.23. The second-order valence-electron chi connectivity index (χ2n) is 6.14. The third-order valence-corrected chi connectivity index (χ3v) is 3.24. The summed E-state index contributed by atoms with van der Waals surface area (Å²) in [5.74, 6) is -0.119. The number of rotatable bonds is 6. The molecule has 0 amide bonds. The maximum Gasteiger partial charge on any atom is 0.320 e. The normalized spacial score (nSPS) is 17.4. The van der Waals surface area contributed by atoms with Crippen molar-refractivity contribution in [3.63, 3.8) is 0 Å². The highest BCUT2D eigenvalue weighted by Gasteiger charge is 2.26. The molecule has 0 unspecified atom stereocenters. The highest BCUT2D eigenvalue weighted by atomic mass is 16.6. The van der Waals surface area contributed by atoms with Crippen molar-refractivity contribution in [3.8, 4) is 0 Å². The van der Waals surface area contributed by atoms with E-state index in [4.69, 9.17) is 10.5 Å². The van der Waals surface area contributed by atoms with Crippen LogP contribution >= 0.6 is 0 Å². The van der Waals surface area contributed by atoms with Crippen molar-refractivity contribution >= 4 is 5.97 Å². The van der Waals surface area contributed by atoms with Gasteiger partial charge in [0.15, 0.2) is 0 Å². The minimum Gasteiger partial charge on any atom is -0.459 e. The van der Waals surface area contributed by atoms with E-state index in [1.54, 1.807) is 0 Å². The molecule has 0 aromatic rings. The molecule has 1 aliphatic carbocycles. The van der Waals surface area contributed by atoms with Crippen molar-refractivity contribution in [2.24, 2.45) is 5.73 Å². The van der Waals surface area contributed by atoms with Gasteiger partial charge < -0.3 is 10.5 Å². The van der Waals surface area contributed by atoms with Gasteiger partial charge in [-0.25, -0.2) is 0 Å². The second-order valence-corrected chi connectivity index (χ2v) is 6.14. The molecule has 0 atom stereocenters. The van der Waals surface area contributed by atoms with Crippen LogP contribution in [0.3, 0.4) is 0 Å². The van der Waals surface area contributed by atoms with Crippen molar-refractivity contribution < 1.29 is 9.53 Å². The van der Waals surface area contributed by atoms with Crippen LogP contribution in [0.1, 0.15) is 52.9 Å². The summed E-state index contributed by atoms with van der Waals surface area (Å²) in [5, 5.41) is 0. The molecule has 0 heterocycles. The van der Waals surface area contributed by atoms with Gasteiger partial charge in [-0.1, -0.05) is 12.8 Å². The largest absolute Gasteiger partial charge is 0.459 e. The number of hydrogen-bond donors (Lipinski definition) is 1. The first-order chi connectivity index (χ1) is 8.42. The van der Waals surface area contributed by atoms with Crippen molar-refractivity contribution in [1.29, 1.82) is 0 Å². The van der Waals surface area contributed by atoms with E-state index in [2.05, 4.69) is 4.90 Å². The number of ether oxygens (including phenoxy) is 1. The predicted octanol–water partition coefficient (Wildman–Crippen LogP) is 1.92. The van der Waals surface area contributed by atoms with Gasteiger partial charge in [-0.2, -0.15) is 0 Å². The summed E-state index contributed by atoms with van der Waals surface area (Å²) in [7, 11) is 0. The van der Waals surface area contributed by atoms with Crippen LogP contribution in [-0.2, 0) is 9.53 Å². The van der Waals surface area contributed by atoms with E-state index in [0.29, 0.717) is 19.1 Å². The van der Waals surface area contributed by atoms with Crippen molar-refractivity contribution in [1.82, 2.24) is 4.90 Å². The van der Waals surface area contributed by atoms with Crippen molar-refractivity contribution in [2.45, 2.75) is 64.5 Å². The zero-order chi connectivity index (χ0) is 13.6. The fourth-order valence-corrected chi connectivity index (χ4v) is 2.49. The van der Waals surface area contributed by atoms with Crippen LogP contribution in [-0.4, -0.2) is 42.1 Å². The first-order valence-electron chi connectivity index (χ1n) is 7.08. The number of esters is 1. The lowest BCUT2D eigenvalue weighted by Gasteiger charge is -2.29. The summed E-state index contributed by atoms with van der Waals surface area (Å²) in [4.78, 5) is 14.2. The first kappa shape index (κ1) is 15.4. The predicted molar refractivity (Wildman–Crippen MR) is 73.3 cm³/mol. The Balaban J connectivity index is 2.46. The van der Waals surface area contributed by atoms with Crippen LogP contribution in [0, 0.1) is 0 Å². The third-order valence-electron chi connectivity index (χ3n) is 3.24. The molecule has 18 heavy (non-hydrogen) atoms. The lowest BCUT2D eigenvalue weighted by Crippen LogP contribution is -2.41. The molecule has 1 saturated carbocycles. The molecule has 1 aliphatic rings. The topological polar surface area (TPSA) is 55.6 Å². The van der Waals surface area contributed by atoms with Crippen LogP contribution in [0.5, 0.6) is 0 Å². The molecule has 2 N–H and O–H groups in total. The zero-order valence-corrected chi connectivity index (χ0v) is 12.1. The summed E-state index contributed by atoms with van der Waals surface area (Å²) in [6, 6.07) is 0.545. The zero-order valence-electron chi connectivity index (χ0n) is 12.1. The minimum atomic E-state index is -0.397. The Morgan fingerprint density at radius 1 is 1.33 bits per heavy atom. The van der Waals surface area contributed by atoms with Gasteiger partial charge in [0, 0.05) is 12.6 Å². The first-order valence-corrected chi connectivity index (χ1v) is 7.08. The lowest BCUT2D eigenvalue weighted by atomic mass is 10.2. The molecule has 0 spiro atoms. The quantitative estimate of drug-likeness (QED) is 0.738. The summed E-state index contributed by atoms with van der Waals surface area (Å²) < 4.78 is 5.40. The molecule has 0 saturated heterocycles. The number of nitrogens with zero attached hydrogens (tertiary/aromatic N) is 1. The van der Waals surface area contributed by atoms with Crippen LogP contribution in [0.25, 0.3) is 0 Å². The third kappa shape index (κ3) is 5.83. The number of carbonyl (C=O) groups excluding carboxylic acids is 1. The van der Waals surface area contributed by atoms with Gasteiger partial charge in [-0.15, -0.1) is 0 Å². The van der Waals surface area contributed by atoms with E-state index >= 15 is 0 Å². The summed E-state index contributed by atoms with van der Waals surface area (Å²) >= 11 is 0. The Bertz CT molecular complexity index is 255. The molecule has 0 aliphatic heterocycles. The summed E-state index contributed by atoms with van der Waals surface area (Å²) in [6.45, 7) is 7.71. The Morgan fingerprint density at radius 2 is 1.94 bits per heavy atom. The smallest absolute Gasteiger partial charge is 0.320 e. The number of hydrogen-bond acceptors (Lipinski definition) is 4. The van der Waals surface area contributed by atoms with Crippen LogP contribution in [0.4, 0.5) is 0 Å². The molecular weight excluding hydrogens is 228 g/mol. The monoisotopic (exact) mass is 256 g/mol. The maximum atomic E-state index is 11.9. The van der Waals surface area contributed by atoms with Crippen molar-refractivity contribution in [3.05, 3.63) is 0 Å². The van der Waals surface area contributed by atoms with Crippen LogP contribution in [0.2, 0.25) is 0 Å². The maximum absolute atomic E-state index is 11.9. The number of nitrogens with two attached hydrogens (primary N) is 1.